The van der Waals surface area contributed by atoms with Crippen molar-refractivity contribution in [3.05, 3.63) is 24.0 Å². The highest BCUT2D eigenvalue weighted by atomic mass is 16.2. The van der Waals surface area contributed by atoms with Crippen LogP contribution in [0.15, 0.2) is 18.3 Å². The minimum absolute atomic E-state index is 0.0508. The number of amides is 2. The highest BCUT2D eigenvalue weighted by molar-refractivity contribution is 5.94. The lowest BCUT2D eigenvalue weighted by molar-refractivity contribution is -0.119. The molecule has 1 aromatic rings. The average molecular weight is 222 g/mol. The van der Waals surface area contributed by atoms with E-state index < -0.39 is 0 Å². The molecule has 16 heavy (non-hydrogen) atoms. The number of carbonyl (C=O) groups is 2. The molecule has 0 saturated carbocycles. The van der Waals surface area contributed by atoms with Crippen LogP contribution < -0.4 is 16.0 Å². The summed E-state index contributed by atoms with van der Waals surface area (Å²) in [6.45, 7) is -0.0508. The Labute approximate surface area is 93.4 Å². The normalized spacial score (nSPS) is 9.38. The van der Waals surface area contributed by atoms with Crippen molar-refractivity contribution in [2.24, 2.45) is 0 Å². The minimum Gasteiger partial charge on any atom is -0.387 e. The Morgan fingerprint density at radius 1 is 1.31 bits per heavy atom. The van der Waals surface area contributed by atoms with E-state index in [-0.39, 0.29) is 24.1 Å². The van der Waals surface area contributed by atoms with Crippen LogP contribution in [-0.4, -0.2) is 37.4 Å². The Morgan fingerprint density at radius 3 is 2.56 bits per heavy atom. The molecule has 0 radical (unpaired) electrons. The van der Waals surface area contributed by atoms with Gasteiger partial charge in [0.05, 0.1) is 18.4 Å². The second-order valence-corrected chi connectivity index (χ2v) is 3.04. The first-order chi connectivity index (χ1) is 7.67. The zero-order chi connectivity index (χ0) is 12.0. The van der Waals surface area contributed by atoms with Gasteiger partial charge < -0.3 is 16.0 Å². The molecule has 6 heteroatoms. The van der Waals surface area contributed by atoms with E-state index in [9.17, 15) is 9.59 Å². The van der Waals surface area contributed by atoms with E-state index in [2.05, 4.69) is 20.9 Å². The maximum absolute atomic E-state index is 11.5. The van der Waals surface area contributed by atoms with Gasteiger partial charge in [0.25, 0.3) is 5.91 Å². The van der Waals surface area contributed by atoms with Crippen LogP contribution in [0.1, 0.15) is 10.5 Å². The summed E-state index contributed by atoms with van der Waals surface area (Å²) < 4.78 is 0. The van der Waals surface area contributed by atoms with E-state index in [1.807, 2.05) is 0 Å². The second-order valence-electron chi connectivity index (χ2n) is 3.04. The Kier molecular flexibility index (Phi) is 4.26. The van der Waals surface area contributed by atoms with E-state index in [0.29, 0.717) is 0 Å². The molecular formula is C10H14N4O2. The second kappa shape index (κ2) is 5.69. The Morgan fingerprint density at radius 2 is 2.06 bits per heavy atom. The molecule has 0 aliphatic rings. The van der Waals surface area contributed by atoms with Crippen molar-refractivity contribution in [3.8, 4) is 0 Å². The number of pyridine rings is 1. The van der Waals surface area contributed by atoms with Gasteiger partial charge >= 0.3 is 0 Å². The van der Waals surface area contributed by atoms with Crippen molar-refractivity contribution in [2.45, 2.75) is 0 Å². The summed E-state index contributed by atoms with van der Waals surface area (Å²) in [5.41, 5.74) is 1.10. The standard InChI is InChI=1S/C10H14N4O2/c1-11-7-3-4-8(13-5-7)10(16)14-6-9(15)12-2/h3-5,11H,6H2,1-2H3,(H,12,15)(H,14,16). The Balaban J connectivity index is 2.56. The number of nitrogens with zero attached hydrogens (tertiary/aromatic N) is 1. The highest BCUT2D eigenvalue weighted by Crippen LogP contribution is 2.04. The van der Waals surface area contributed by atoms with E-state index in [4.69, 9.17) is 0 Å². The number of aromatic nitrogens is 1. The summed E-state index contributed by atoms with van der Waals surface area (Å²) in [6.07, 6.45) is 1.55. The van der Waals surface area contributed by atoms with Gasteiger partial charge in [-0.3, -0.25) is 9.59 Å². The number of likely N-dealkylation sites (N-methyl/N-ethyl adjacent to an activating group) is 1. The van der Waals surface area contributed by atoms with Crippen LogP contribution in [0.4, 0.5) is 5.69 Å². The zero-order valence-corrected chi connectivity index (χ0v) is 9.20. The molecular weight excluding hydrogens is 208 g/mol. The minimum atomic E-state index is -0.369. The molecule has 1 aromatic heterocycles. The molecule has 0 aliphatic carbocycles. The van der Waals surface area contributed by atoms with Crippen LogP contribution in [0, 0.1) is 0 Å². The summed E-state index contributed by atoms with van der Waals surface area (Å²) in [7, 11) is 3.27. The third kappa shape index (κ3) is 3.23. The fourth-order valence-corrected chi connectivity index (χ4v) is 1.02. The van der Waals surface area contributed by atoms with Crippen molar-refractivity contribution < 1.29 is 9.59 Å². The van der Waals surface area contributed by atoms with Gasteiger partial charge in [-0.25, -0.2) is 4.98 Å². The largest absolute Gasteiger partial charge is 0.387 e. The zero-order valence-electron chi connectivity index (χ0n) is 9.20. The lowest BCUT2D eigenvalue weighted by Gasteiger charge is -2.04. The third-order valence-corrected chi connectivity index (χ3v) is 1.97. The first kappa shape index (κ1) is 12.0. The molecule has 2 amide bonds. The number of hydrogen-bond acceptors (Lipinski definition) is 4. The maximum atomic E-state index is 11.5. The summed E-state index contributed by atoms with van der Waals surface area (Å²) in [4.78, 5) is 26.3. The van der Waals surface area contributed by atoms with Gasteiger partial charge in [0.15, 0.2) is 0 Å². The molecule has 1 rings (SSSR count). The lowest BCUT2D eigenvalue weighted by atomic mass is 10.3. The molecule has 0 aliphatic heterocycles. The fraction of sp³-hybridized carbons (Fsp3) is 0.300. The Bertz CT molecular complexity index is 375. The highest BCUT2D eigenvalue weighted by Gasteiger charge is 2.07. The molecule has 0 bridgehead atoms. The monoisotopic (exact) mass is 222 g/mol. The number of hydrogen-bond donors (Lipinski definition) is 3. The summed E-state index contributed by atoms with van der Waals surface area (Å²) in [6, 6.07) is 3.33. The van der Waals surface area contributed by atoms with Crippen LogP contribution in [0.25, 0.3) is 0 Å². The molecule has 86 valence electrons. The number of rotatable bonds is 4. The number of anilines is 1. The molecule has 6 nitrogen and oxygen atoms in total. The molecule has 0 saturated heterocycles. The Hall–Kier alpha value is -2.11. The van der Waals surface area contributed by atoms with Gasteiger partial charge in [-0.05, 0) is 12.1 Å². The summed E-state index contributed by atoms with van der Waals surface area (Å²) in [5, 5.41) is 7.75. The van der Waals surface area contributed by atoms with Crippen molar-refractivity contribution in [1.29, 1.82) is 0 Å². The fourth-order valence-electron chi connectivity index (χ4n) is 1.02. The summed E-state index contributed by atoms with van der Waals surface area (Å²) >= 11 is 0. The van der Waals surface area contributed by atoms with Crippen LogP contribution in [0.2, 0.25) is 0 Å². The van der Waals surface area contributed by atoms with Gasteiger partial charge in [-0.2, -0.15) is 0 Å². The topological polar surface area (TPSA) is 83.1 Å². The van der Waals surface area contributed by atoms with Gasteiger partial charge in [0.2, 0.25) is 5.91 Å². The van der Waals surface area contributed by atoms with Gasteiger partial charge in [-0.15, -0.1) is 0 Å². The predicted octanol–water partition coefficient (Wildman–Crippen LogP) is -0.401. The molecule has 3 N–H and O–H groups in total. The van der Waals surface area contributed by atoms with E-state index in [0.717, 1.165) is 5.69 Å². The van der Waals surface area contributed by atoms with E-state index >= 15 is 0 Å². The van der Waals surface area contributed by atoms with Crippen LogP contribution in [-0.2, 0) is 4.79 Å². The van der Waals surface area contributed by atoms with Crippen molar-refractivity contribution in [1.82, 2.24) is 15.6 Å². The van der Waals surface area contributed by atoms with Crippen LogP contribution in [0.5, 0.6) is 0 Å². The van der Waals surface area contributed by atoms with Crippen LogP contribution in [0.3, 0.4) is 0 Å². The first-order valence-electron chi connectivity index (χ1n) is 4.80. The molecule has 0 fully saturated rings. The van der Waals surface area contributed by atoms with Crippen molar-refractivity contribution in [2.75, 3.05) is 26.0 Å². The quantitative estimate of drug-likeness (QED) is 0.647. The summed E-state index contributed by atoms with van der Waals surface area (Å²) in [5.74, 6) is -0.619. The average Bonchev–Trinajstić information content (AvgIpc) is 2.35. The van der Waals surface area contributed by atoms with Crippen LogP contribution >= 0.6 is 0 Å². The van der Waals surface area contributed by atoms with Crippen molar-refractivity contribution >= 4 is 17.5 Å². The molecule has 0 aromatic carbocycles. The van der Waals surface area contributed by atoms with Crippen molar-refractivity contribution in [3.63, 3.8) is 0 Å². The SMILES string of the molecule is CNC(=O)CNC(=O)c1ccc(NC)cn1. The lowest BCUT2D eigenvalue weighted by Crippen LogP contribution is -2.35. The number of carbonyl (C=O) groups excluding carboxylic acids is 2. The van der Waals surface area contributed by atoms with Gasteiger partial charge in [0.1, 0.15) is 5.69 Å². The smallest absolute Gasteiger partial charge is 0.270 e. The molecule has 1 heterocycles. The molecule has 0 unspecified atom stereocenters. The first-order valence-corrected chi connectivity index (χ1v) is 4.80. The number of nitrogens with one attached hydrogen (secondary N) is 3. The van der Waals surface area contributed by atoms with E-state index in [1.165, 1.54) is 7.05 Å². The molecule has 0 spiro atoms. The van der Waals surface area contributed by atoms with Gasteiger partial charge in [0, 0.05) is 14.1 Å². The molecule has 0 atom stereocenters. The predicted molar refractivity (Wildman–Crippen MR) is 60.2 cm³/mol. The van der Waals surface area contributed by atoms with E-state index in [1.54, 1.807) is 25.4 Å². The van der Waals surface area contributed by atoms with Gasteiger partial charge in [-0.1, -0.05) is 0 Å². The third-order valence-electron chi connectivity index (χ3n) is 1.97. The maximum Gasteiger partial charge on any atom is 0.270 e.